The van der Waals surface area contributed by atoms with Crippen LogP contribution in [-0.4, -0.2) is 10.6 Å². The van der Waals surface area contributed by atoms with Gasteiger partial charge in [-0.15, -0.1) is 0 Å². The summed E-state index contributed by atoms with van der Waals surface area (Å²) in [7, 11) is 0. The Kier molecular flexibility index (Phi) is 2.23. The molecule has 0 aromatic heterocycles. The number of aliphatic hydroxyl groups is 1. The zero-order valence-electron chi connectivity index (χ0n) is 8.80. The lowest BCUT2D eigenvalue weighted by Gasteiger charge is -2.34. The standard InChI is InChI=1S/C12H17NO/c1-12(2)6-5-10-7-9(8-14)3-4-11(10)13-12/h3-4,7,13-14H,5-6,8H2,1-2H3. The Balaban J connectivity index is 2.32. The molecule has 0 amide bonds. The molecule has 1 aromatic rings. The zero-order chi connectivity index (χ0) is 10.2. The highest BCUT2D eigenvalue weighted by Crippen LogP contribution is 2.30. The SMILES string of the molecule is CC1(C)CCc2cc(CO)ccc2N1. The van der Waals surface area contributed by atoms with Gasteiger partial charge in [-0.2, -0.15) is 0 Å². The largest absolute Gasteiger partial charge is 0.392 e. The quantitative estimate of drug-likeness (QED) is 0.714. The van der Waals surface area contributed by atoms with Crippen LogP contribution in [0.1, 0.15) is 31.4 Å². The van der Waals surface area contributed by atoms with E-state index in [0.29, 0.717) is 0 Å². The molecule has 0 saturated carbocycles. The molecule has 76 valence electrons. The Bertz CT molecular complexity index is 344. The van der Waals surface area contributed by atoms with Crippen LogP contribution in [0, 0.1) is 0 Å². The van der Waals surface area contributed by atoms with E-state index in [9.17, 15) is 0 Å². The number of hydrogen-bond acceptors (Lipinski definition) is 2. The van der Waals surface area contributed by atoms with E-state index in [1.807, 2.05) is 6.07 Å². The van der Waals surface area contributed by atoms with Crippen LogP contribution in [0.15, 0.2) is 18.2 Å². The summed E-state index contributed by atoms with van der Waals surface area (Å²) in [6.45, 7) is 4.57. The third-order valence-electron chi connectivity index (χ3n) is 2.84. The van der Waals surface area contributed by atoms with Crippen molar-refractivity contribution in [2.24, 2.45) is 0 Å². The van der Waals surface area contributed by atoms with Crippen molar-refractivity contribution in [3.63, 3.8) is 0 Å². The van der Waals surface area contributed by atoms with Gasteiger partial charge >= 0.3 is 0 Å². The monoisotopic (exact) mass is 191 g/mol. The van der Waals surface area contributed by atoms with Gasteiger partial charge in [0.25, 0.3) is 0 Å². The van der Waals surface area contributed by atoms with E-state index in [0.717, 1.165) is 18.4 Å². The molecule has 0 radical (unpaired) electrons. The number of fused-ring (bicyclic) bond motifs is 1. The Morgan fingerprint density at radius 1 is 1.43 bits per heavy atom. The Morgan fingerprint density at radius 2 is 2.21 bits per heavy atom. The summed E-state index contributed by atoms with van der Waals surface area (Å²) in [6.07, 6.45) is 2.25. The van der Waals surface area contributed by atoms with Gasteiger partial charge in [-0.25, -0.2) is 0 Å². The number of nitrogens with one attached hydrogen (secondary N) is 1. The molecule has 0 unspecified atom stereocenters. The van der Waals surface area contributed by atoms with Gasteiger partial charge in [0.15, 0.2) is 0 Å². The maximum absolute atomic E-state index is 9.02. The molecule has 2 heteroatoms. The molecular weight excluding hydrogens is 174 g/mol. The fraction of sp³-hybridized carbons (Fsp3) is 0.500. The van der Waals surface area contributed by atoms with Crippen molar-refractivity contribution in [3.05, 3.63) is 29.3 Å². The van der Waals surface area contributed by atoms with Crippen molar-refractivity contribution in [3.8, 4) is 0 Å². The summed E-state index contributed by atoms with van der Waals surface area (Å²) < 4.78 is 0. The van der Waals surface area contributed by atoms with Crippen molar-refractivity contribution in [2.45, 2.75) is 38.8 Å². The molecule has 0 aliphatic carbocycles. The maximum Gasteiger partial charge on any atom is 0.0681 e. The second-order valence-corrected chi connectivity index (χ2v) is 4.66. The topological polar surface area (TPSA) is 32.3 Å². The maximum atomic E-state index is 9.02. The fourth-order valence-corrected chi connectivity index (χ4v) is 1.95. The average molecular weight is 191 g/mol. The lowest BCUT2D eigenvalue weighted by molar-refractivity contribution is 0.281. The van der Waals surface area contributed by atoms with Crippen LogP contribution < -0.4 is 5.32 Å². The van der Waals surface area contributed by atoms with E-state index in [-0.39, 0.29) is 12.1 Å². The highest BCUT2D eigenvalue weighted by atomic mass is 16.3. The molecule has 0 atom stereocenters. The summed E-state index contributed by atoms with van der Waals surface area (Å²) >= 11 is 0. The second kappa shape index (κ2) is 3.28. The minimum atomic E-state index is 0.136. The van der Waals surface area contributed by atoms with Crippen molar-refractivity contribution in [1.29, 1.82) is 0 Å². The number of benzene rings is 1. The first-order valence-corrected chi connectivity index (χ1v) is 5.11. The lowest BCUT2D eigenvalue weighted by Crippen LogP contribution is -2.35. The summed E-state index contributed by atoms with van der Waals surface area (Å²) in [5, 5.41) is 12.5. The fourth-order valence-electron chi connectivity index (χ4n) is 1.95. The van der Waals surface area contributed by atoms with Crippen molar-refractivity contribution in [1.82, 2.24) is 0 Å². The van der Waals surface area contributed by atoms with Crippen LogP contribution >= 0.6 is 0 Å². The van der Waals surface area contributed by atoms with Crippen LogP contribution in [0.2, 0.25) is 0 Å². The van der Waals surface area contributed by atoms with Gasteiger partial charge in [-0.3, -0.25) is 0 Å². The Labute approximate surface area is 85.0 Å². The van der Waals surface area contributed by atoms with E-state index < -0.39 is 0 Å². The molecule has 14 heavy (non-hydrogen) atoms. The van der Waals surface area contributed by atoms with Crippen LogP contribution in [-0.2, 0) is 13.0 Å². The predicted octanol–water partition coefficient (Wildman–Crippen LogP) is 2.32. The van der Waals surface area contributed by atoms with Gasteiger partial charge in [0.1, 0.15) is 0 Å². The molecule has 1 aliphatic heterocycles. The number of anilines is 1. The minimum Gasteiger partial charge on any atom is -0.392 e. The van der Waals surface area contributed by atoms with Crippen LogP contribution in [0.25, 0.3) is 0 Å². The summed E-state index contributed by atoms with van der Waals surface area (Å²) in [5.74, 6) is 0. The van der Waals surface area contributed by atoms with E-state index in [2.05, 4.69) is 31.3 Å². The van der Waals surface area contributed by atoms with Gasteiger partial charge < -0.3 is 10.4 Å². The van der Waals surface area contributed by atoms with Gasteiger partial charge in [-0.1, -0.05) is 12.1 Å². The average Bonchev–Trinajstić information content (AvgIpc) is 2.16. The van der Waals surface area contributed by atoms with Crippen molar-refractivity contribution >= 4 is 5.69 Å². The molecule has 0 saturated heterocycles. The van der Waals surface area contributed by atoms with Crippen molar-refractivity contribution in [2.75, 3.05) is 5.32 Å². The van der Waals surface area contributed by atoms with E-state index >= 15 is 0 Å². The first-order valence-electron chi connectivity index (χ1n) is 5.11. The van der Waals surface area contributed by atoms with Crippen molar-refractivity contribution < 1.29 is 5.11 Å². The van der Waals surface area contributed by atoms with Gasteiger partial charge in [-0.05, 0) is 43.9 Å². The summed E-state index contributed by atoms with van der Waals surface area (Å²) in [4.78, 5) is 0. The first kappa shape index (κ1) is 9.53. The minimum absolute atomic E-state index is 0.136. The second-order valence-electron chi connectivity index (χ2n) is 4.66. The molecule has 1 aromatic carbocycles. The highest BCUT2D eigenvalue weighted by molar-refractivity contribution is 5.56. The third kappa shape index (κ3) is 1.75. The Morgan fingerprint density at radius 3 is 2.93 bits per heavy atom. The molecule has 2 rings (SSSR count). The summed E-state index contributed by atoms with van der Waals surface area (Å²) in [6, 6.07) is 6.15. The lowest BCUT2D eigenvalue weighted by atomic mass is 9.89. The van der Waals surface area contributed by atoms with Gasteiger partial charge in [0.2, 0.25) is 0 Å². The first-order chi connectivity index (χ1) is 6.61. The molecule has 0 fully saturated rings. The predicted molar refractivity (Wildman–Crippen MR) is 58.4 cm³/mol. The highest BCUT2D eigenvalue weighted by Gasteiger charge is 2.23. The van der Waals surface area contributed by atoms with Crippen LogP contribution in [0.5, 0.6) is 0 Å². The number of aliphatic hydroxyl groups excluding tert-OH is 1. The van der Waals surface area contributed by atoms with E-state index in [1.165, 1.54) is 11.3 Å². The normalized spacial score (nSPS) is 18.5. The third-order valence-corrected chi connectivity index (χ3v) is 2.84. The number of hydrogen-bond donors (Lipinski definition) is 2. The number of aryl methyl sites for hydroxylation is 1. The molecular formula is C12H17NO. The zero-order valence-corrected chi connectivity index (χ0v) is 8.80. The number of rotatable bonds is 1. The van der Waals surface area contributed by atoms with Gasteiger partial charge in [0, 0.05) is 11.2 Å². The summed E-state index contributed by atoms with van der Waals surface area (Å²) in [5.41, 5.74) is 3.76. The molecule has 1 heterocycles. The molecule has 2 N–H and O–H groups in total. The molecule has 2 nitrogen and oxygen atoms in total. The molecule has 1 aliphatic rings. The van der Waals surface area contributed by atoms with E-state index in [1.54, 1.807) is 0 Å². The smallest absolute Gasteiger partial charge is 0.0681 e. The molecule has 0 bridgehead atoms. The molecule has 0 spiro atoms. The van der Waals surface area contributed by atoms with Gasteiger partial charge in [0.05, 0.1) is 6.61 Å². The Hall–Kier alpha value is -1.02. The van der Waals surface area contributed by atoms with Crippen LogP contribution in [0.4, 0.5) is 5.69 Å². The van der Waals surface area contributed by atoms with E-state index in [4.69, 9.17) is 5.11 Å². The van der Waals surface area contributed by atoms with Crippen LogP contribution in [0.3, 0.4) is 0 Å².